The van der Waals surface area contributed by atoms with Crippen LogP contribution in [0.3, 0.4) is 0 Å². The van der Waals surface area contributed by atoms with Gasteiger partial charge in [-0.05, 0) is 55.3 Å². The summed E-state index contributed by atoms with van der Waals surface area (Å²) < 4.78 is 5.80. The van der Waals surface area contributed by atoms with Crippen LogP contribution in [0.4, 0.5) is 0 Å². The summed E-state index contributed by atoms with van der Waals surface area (Å²) in [6, 6.07) is 13.4. The molecule has 0 aliphatic heterocycles. The van der Waals surface area contributed by atoms with Crippen LogP contribution in [0.1, 0.15) is 24.1 Å². The van der Waals surface area contributed by atoms with Crippen molar-refractivity contribution in [2.24, 2.45) is 5.73 Å². The molecule has 2 aromatic carbocycles. The largest absolute Gasteiger partial charge is 0.457 e. The van der Waals surface area contributed by atoms with E-state index < -0.39 is 0 Å². The van der Waals surface area contributed by atoms with Gasteiger partial charge in [-0.15, -0.1) is 0 Å². The van der Waals surface area contributed by atoms with Gasteiger partial charge in [0.05, 0.1) is 0 Å². The van der Waals surface area contributed by atoms with Gasteiger partial charge in [0.15, 0.2) is 0 Å². The van der Waals surface area contributed by atoms with Crippen molar-refractivity contribution in [2.45, 2.75) is 19.9 Å². The lowest BCUT2D eigenvalue weighted by Crippen LogP contribution is -2.04. The quantitative estimate of drug-likeness (QED) is 0.885. The van der Waals surface area contributed by atoms with Crippen molar-refractivity contribution in [3.05, 3.63) is 58.6 Å². The molecule has 1 atom stereocenters. The topological polar surface area (TPSA) is 35.2 Å². The number of ether oxygens (including phenoxy) is 1. The van der Waals surface area contributed by atoms with Gasteiger partial charge in [-0.25, -0.2) is 0 Å². The molecule has 2 rings (SSSR count). The average Bonchev–Trinajstić information content (AvgIpc) is 2.33. The highest BCUT2D eigenvalue weighted by molar-refractivity contribution is 6.30. The maximum Gasteiger partial charge on any atom is 0.130 e. The number of aryl methyl sites for hydroxylation is 1. The van der Waals surface area contributed by atoms with E-state index in [9.17, 15) is 0 Å². The van der Waals surface area contributed by atoms with Crippen molar-refractivity contribution in [1.29, 1.82) is 0 Å². The first-order valence-corrected chi connectivity index (χ1v) is 6.23. The normalized spacial score (nSPS) is 12.2. The van der Waals surface area contributed by atoms with Crippen LogP contribution in [0.2, 0.25) is 5.02 Å². The van der Waals surface area contributed by atoms with E-state index >= 15 is 0 Å². The fourth-order valence-electron chi connectivity index (χ4n) is 1.69. The predicted octanol–water partition coefficient (Wildman–Crippen LogP) is 4.46. The molecule has 0 amide bonds. The van der Waals surface area contributed by atoms with Gasteiger partial charge in [-0.3, -0.25) is 0 Å². The number of nitrogens with two attached hydrogens (primary N) is 1. The van der Waals surface area contributed by atoms with Crippen molar-refractivity contribution in [3.63, 3.8) is 0 Å². The van der Waals surface area contributed by atoms with Gasteiger partial charge in [0.1, 0.15) is 11.5 Å². The molecule has 2 aromatic rings. The molecular formula is C15H16ClNO. The molecule has 0 bridgehead atoms. The Morgan fingerprint density at radius 1 is 1.11 bits per heavy atom. The van der Waals surface area contributed by atoms with Gasteiger partial charge in [0.2, 0.25) is 0 Å². The lowest BCUT2D eigenvalue weighted by molar-refractivity contribution is 0.478. The van der Waals surface area contributed by atoms with Crippen molar-refractivity contribution < 1.29 is 4.74 Å². The van der Waals surface area contributed by atoms with Crippen LogP contribution in [0.15, 0.2) is 42.5 Å². The van der Waals surface area contributed by atoms with E-state index in [2.05, 4.69) is 0 Å². The highest BCUT2D eigenvalue weighted by Gasteiger charge is 2.03. The third-order valence-corrected chi connectivity index (χ3v) is 3.01. The van der Waals surface area contributed by atoms with Gasteiger partial charge in [-0.2, -0.15) is 0 Å². The zero-order valence-electron chi connectivity index (χ0n) is 10.5. The summed E-state index contributed by atoms with van der Waals surface area (Å²) in [4.78, 5) is 0. The standard InChI is InChI=1S/C15H16ClNO/c1-10-9-13(16)5-8-15(10)18-14-6-3-12(4-7-14)11(2)17/h3-9,11H,17H2,1-2H3/t11-/m0/s1. The third-order valence-electron chi connectivity index (χ3n) is 2.77. The van der Waals surface area contributed by atoms with E-state index in [1.807, 2.05) is 56.3 Å². The van der Waals surface area contributed by atoms with Gasteiger partial charge in [-0.1, -0.05) is 23.7 Å². The molecule has 2 N–H and O–H groups in total. The van der Waals surface area contributed by atoms with Crippen molar-refractivity contribution in [2.75, 3.05) is 0 Å². The van der Waals surface area contributed by atoms with Crippen LogP contribution in [-0.4, -0.2) is 0 Å². The summed E-state index contributed by atoms with van der Waals surface area (Å²) in [5, 5.41) is 0.715. The van der Waals surface area contributed by atoms with Crippen LogP contribution >= 0.6 is 11.6 Å². The van der Waals surface area contributed by atoms with E-state index in [1.54, 1.807) is 0 Å². The zero-order chi connectivity index (χ0) is 13.1. The number of hydrogen-bond acceptors (Lipinski definition) is 2. The molecule has 0 saturated heterocycles. The zero-order valence-corrected chi connectivity index (χ0v) is 11.2. The van der Waals surface area contributed by atoms with E-state index in [1.165, 1.54) is 0 Å². The lowest BCUT2D eigenvalue weighted by atomic mass is 10.1. The summed E-state index contributed by atoms with van der Waals surface area (Å²) in [6.07, 6.45) is 0. The summed E-state index contributed by atoms with van der Waals surface area (Å²) in [6.45, 7) is 3.93. The Hall–Kier alpha value is -1.51. The molecule has 0 unspecified atom stereocenters. The minimum Gasteiger partial charge on any atom is -0.457 e. The molecule has 0 heterocycles. The van der Waals surface area contributed by atoms with E-state index in [4.69, 9.17) is 22.1 Å². The molecule has 3 heteroatoms. The van der Waals surface area contributed by atoms with Crippen LogP contribution in [-0.2, 0) is 0 Å². The van der Waals surface area contributed by atoms with Gasteiger partial charge in [0, 0.05) is 11.1 Å². The maximum absolute atomic E-state index is 5.91. The molecule has 0 saturated carbocycles. The summed E-state index contributed by atoms with van der Waals surface area (Å²) in [5.41, 5.74) is 7.91. The van der Waals surface area contributed by atoms with Crippen molar-refractivity contribution >= 4 is 11.6 Å². The molecule has 18 heavy (non-hydrogen) atoms. The van der Waals surface area contributed by atoms with Crippen molar-refractivity contribution in [3.8, 4) is 11.5 Å². The van der Waals surface area contributed by atoms with Crippen molar-refractivity contribution in [1.82, 2.24) is 0 Å². The molecular weight excluding hydrogens is 246 g/mol. The average molecular weight is 262 g/mol. The second-order valence-corrected chi connectivity index (χ2v) is 4.81. The smallest absolute Gasteiger partial charge is 0.130 e. The molecule has 94 valence electrons. The molecule has 0 aliphatic rings. The highest BCUT2D eigenvalue weighted by Crippen LogP contribution is 2.27. The Labute approximate surface area is 112 Å². The Kier molecular flexibility index (Phi) is 3.90. The second kappa shape index (κ2) is 5.42. The number of benzene rings is 2. The molecule has 0 radical (unpaired) electrons. The number of halogens is 1. The number of hydrogen-bond donors (Lipinski definition) is 1. The maximum atomic E-state index is 5.91. The minimum atomic E-state index is 0.0383. The summed E-state index contributed by atoms with van der Waals surface area (Å²) in [5.74, 6) is 1.61. The molecule has 2 nitrogen and oxygen atoms in total. The second-order valence-electron chi connectivity index (χ2n) is 4.37. The molecule has 0 aromatic heterocycles. The number of rotatable bonds is 3. The molecule has 0 spiro atoms. The van der Waals surface area contributed by atoms with Gasteiger partial charge >= 0.3 is 0 Å². The van der Waals surface area contributed by atoms with Gasteiger partial charge < -0.3 is 10.5 Å². The lowest BCUT2D eigenvalue weighted by Gasteiger charge is -2.10. The van der Waals surface area contributed by atoms with Gasteiger partial charge in [0.25, 0.3) is 0 Å². The monoisotopic (exact) mass is 261 g/mol. The van der Waals surface area contributed by atoms with E-state index in [0.29, 0.717) is 5.02 Å². The van der Waals surface area contributed by atoms with Crippen LogP contribution in [0.25, 0.3) is 0 Å². The SMILES string of the molecule is Cc1cc(Cl)ccc1Oc1ccc([C@H](C)N)cc1. The molecule has 0 aliphatic carbocycles. The van der Waals surface area contributed by atoms with Crippen LogP contribution < -0.4 is 10.5 Å². The first-order valence-electron chi connectivity index (χ1n) is 5.86. The minimum absolute atomic E-state index is 0.0383. The first-order chi connectivity index (χ1) is 8.56. The Balaban J connectivity index is 2.18. The summed E-state index contributed by atoms with van der Waals surface area (Å²) >= 11 is 5.91. The first kappa shape index (κ1) is 12.9. The summed E-state index contributed by atoms with van der Waals surface area (Å²) in [7, 11) is 0. The van der Waals surface area contributed by atoms with Crippen LogP contribution in [0, 0.1) is 6.92 Å². The van der Waals surface area contributed by atoms with Crippen LogP contribution in [0.5, 0.6) is 11.5 Å². The predicted molar refractivity (Wildman–Crippen MR) is 75.3 cm³/mol. The molecule has 0 fully saturated rings. The fraction of sp³-hybridized carbons (Fsp3) is 0.200. The van der Waals surface area contributed by atoms with E-state index in [-0.39, 0.29) is 6.04 Å². The van der Waals surface area contributed by atoms with E-state index in [0.717, 1.165) is 22.6 Å². The third kappa shape index (κ3) is 3.03. The fourth-order valence-corrected chi connectivity index (χ4v) is 1.92. The Morgan fingerprint density at radius 2 is 1.78 bits per heavy atom. The highest BCUT2D eigenvalue weighted by atomic mass is 35.5. The Bertz CT molecular complexity index is 535. The Morgan fingerprint density at radius 3 is 2.33 bits per heavy atom.